The number of hydrogen-bond acceptors (Lipinski definition) is 3. The number of methoxy groups -OCH3 is 1. The highest BCUT2D eigenvalue weighted by Gasteiger charge is 2.08. The summed E-state index contributed by atoms with van der Waals surface area (Å²) in [6.07, 6.45) is 1.94. The predicted octanol–water partition coefficient (Wildman–Crippen LogP) is 1.16. The fraction of sp³-hybridized carbons (Fsp3) is 1.00. The fourth-order valence-electron chi connectivity index (χ4n) is 1.28. The second kappa shape index (κ2) is 9.62. The minimum absolute atomic E-state index is 0.406. The number of hydrogen-bond donors (Lipinski definition) is 1. The van der Waals surface area contributed by atoms with Crippen LogP contribution in [0.25, 0.3) is 0 Å². The lowest BCUT2D eigenvalue weighted by Gasteiger charge is -2.14. The molecule has 0 aliphatic heterocycles. The van der Waals surface area contributed by atoms with Crippen LogP contribution in [0.2, 0.25) is 0 Å². The van der Waals surface area contributed by atoms with E-state index in [0.29, 0.717) is 12.6 Å². The first-order valence-electron chi connectivity index (χ1n) is 5.31. The Morgan fingerprint density at radius 1 is 1.43 bits per heavy atom. The first-order chi connectivity index (χ1) is 6.74. The second-order valence-electron chi connectivity index (χ2n) is 3.32. The molecule has 0 aliphatic rings. The highest BCUT2D eigenvalue weighted by molar-refractivity contribution is 7.85. The van der Waals surface area contributed by atoms with E-state index in [1.54, 1.807) is 7.11 Å². The lowest BCUT2D eigenvalue weighted by molar-refractivity contribution is 0.200. The monoisotopic (exact) mass is 221 g/mol. The van der Waals surface area contributed by atoms with Crippen LogP contribution in [0.4, 0.5) is 0 Å². The van der Waals surface area contributed by atoms with Crippen LogP contribution in [0.5, 0.6) is 0 Å². The van der Waals surface area contributed by atoms with E-state index < -0.39 is 10.8 Å². The van der Waals surface area contributed by atoms with Crippen molar-refractivity contribution in [3.8, 4) is 0 Å². The second-order valence-corrected chi connectivity index (χ2v) is 4.94. The maximum Gasteiger partial charge on any atom is 0.0471 e. The quantitative estimate of drug-likeness (QED) is 0.594. The molecule has 0 amide bonds. The third-order valence-electron chi connectivity index (χ3n) is 2.09. The standard InChI is InChI=1S/C10H23NO2S/c1-4-10(11-5-2)9-14(12)8-6-7-13-3/h10-11H,4-9H2,1-3H3. The van der Waals surface area contributed by atoms with Gasteiger partial charge in [-0.1, -0.05) is 13.8 Å². The van der Waals surface area contributed by atoms with Crippen molar-refractivity contribution in [2.75, 3.05) is 31.8 Å². The van der Waals surface area contributed by atoms with E-state index in [1.165, 1.54) is 0 Å². The lowest BCUT2D eigenvalue weighted by atomic mass is 10.2. The molecular formula is C10H23NO2S. The van der Waals surface area contributed by atoms with Crippen LogP contribution in [0, 0.1) is 0 Å². The Bertz CT molecular complexity index is 153. The van der Waals surface area contributed by atoms with Crippen molar-refractivity contribution >= 4 is 10.8 Å². The van der Waals surface area contributed by atoms with Gasteiger partial charge in [0.1, 0.15) is 0 Å². The van der Waals surface area contributed by atoms with Gasteiger partial charge < -0.3 is 10.1 Å². The van der Waals surface area contributed by atoms with E-state index in [2.05, 4.69) is 19.2 Å². The van der Waals surface area contributed by atoms with Crippen molar-refractivity contribution in [1.82, 2.24) is 5.32 Å². The molecule has 2 unspecified atom stereocenters. The van der Waals surface area contributed by atoms with Crippen LogP contribution in [-0.2, 0) is 15.5 Å². The SMILES string of the molecule is CCNC(CC)CS(=O)CCCOC. The van der Waals surface area contributed by atoms with Crippen LogP contribution < -0.4 is 5.32 Å². The Kier molecular flexibility index (Phi) is 9.67. The molecule has 0 heterocycles. The zero-order valence-corrected chi connectivity index (χ0v) is 10.4. The summed E-state index contributed by atoms with van der Waals surface area (Å²) in [5, 5.41) is 3.33. The van der Waals surface area contributed by atoms with E-state index in [-0.39, 0.29) is 0 Å². The van der Waals surface area contributed by atoms with E-state index >= 15 is 0 Å². The van der Waals surface area contributed by atoms with Crippen molar-refractivity contribution < 1.29 is 8.95 Å². The Hall–Kier alpha value is 0.0700. The molecule has 0 fully saturated rings. The average Bonchev–Trinajstić information content (AvgIpc) is 2.17. The van der Waals surface area contributed by atoms with Crippen LogP contribution in [0.15, 0.2) is 0 Å². The molecule has 3 nitrogen and oxygen atoms in total. The van der Waals surface area contributed by atoms with Gasteiger partial charge in [-0.2, -0.15) is 0 Å². The van der Waals surface area contributed by atoms with Gasteiger partial charge in [0.05, 0.1) is 0 Å². The Labute approximate surface area is 90.1 Å². The first kappa shape index (κ1) is 14.1. The zero-order chi connectivity index (χ0) is 10.8. The number of nitrogens with one attached hydrogen (secondary N) is 1. The number of ether oxygens (including phenoxy) is 1. The fourth-order valence-corrected chi connectivity index (χ4v) is 2.69. The highest BCUT2D eigenvalue weighted by atomic mass is 32.2. The summed E-state index contributed by atoms with van der Waals surface area (Å²) in [7, 11) is 0.982. The summed E-state index contributed by atoms with van der Waals surface area (Å²) < 4.78 is 16.5. The molecule has 0 rings (SSSR count). The normalized spacial score (nSPS) is 15.4. The van der Waals surface area contributed by atoms with E-state index in [9.17, 15) is 4.21 Å². The summed E-state index contributed by atoms with van der Waals surface area (Å²) in [6.45, 7) is 5.87. The molecule has 2 atom stereocenters. The van der Waals surface area contributed by atoms with Crippen molar-refractivity contribution in [1.29, 1.82) is 0 Å². The Morgan fingerprint density at radius 2 is 2.14 bits per heavy atom. The first-order valence-corrected chi connectivity index (χ1v) is 6.80. The van der Waals surface area contributed by atoms with Gasteiger partial charge in [-0.3, -0.25) is 4.21 Å². The Balaban J connectivity index is 3.56. The molecular weight excluding hydrogens is 198 g/mol. The summed E-state index contributed by atoms with van der Waals surface area (Å²) in [4.78, 5) is 0. The average molecular weight is 221 g/mol. The van der Waals surface area contributed by atoms with Crippen LogP contribution in [-0.4, -0.2) is 42.0 Å². The smallest absolute Gasteiger partial charge is 0.0471 e. The molecule has 4 heteroatoms. The van der Waals surface area contributed by atoms with Gasteiger partial charge >= 0.3 is 0 Å². The number of rotatable bonds is 9. The molecule has 0 aromatic carbocycles. The van der Waals surface area contributed by atoms with E-state index in [4.69, 9.17) is 4.74 Å². The Morgan fingerprint density at radius 3 is 2.64 bits per heavy atom. The van der Waals surface area contributed by atoms with Crippen molar-refractivity contribution in [2.45, 2.75) is 32.7 Å². The van der Waals surface area contributed by atoms with Gasteiger partial charge in [-0.05, 0) is 19.4 Å². The van der Waals surface area contributed by atoms with Crippen molar-refractivity contribution in [3.05, 3.63) is 0 Å². The minimum atomic E-state index is -0.695. The van der Waals surface area contributed by atoms with Gasteiger partial charge in [0.15, 0.2) is 0 Å². The molecule has 0 radical (unpaired) electrons. The van der Waals surface area contributed by atoms with Gasteiger partial charge in [0, 0.05) is 42.1 Å². The van der Waals surface area contributed by atoms with E-state index in [1.807, 2.05) is 0 Å². The van der Waals surface area contributed by atoms with Crippen molar-refractivity contribution in [3.63, 3.8) is 0 Å². The third kappa shape index (κ3) is 7.47. The summed E-state index contributed by atoms with van der Waals surface area (Å²) in [5.74, 6) is 1.53. The van der Waals surface area contributed by atoms with Crippen LogP contribution >= 0.6 is 0 Å². The van der Waals surface area contributed by atoms with Gasteiger partial charge in [0.25, 0.3) is 0 Å². The summed E-state index contributed by atoms with van der Waals surface area (Å²) in [5.41, 5.74) is 0. The van der Waals surface area contributed by atoms with Gasteiger partial charge in [0.2, 0.25) is 0 Å². The summed E-state index contributed by atoms with van der Waals surface area (Å²) >= 11 is 0. The zero-order valence-electron chi connectivity index (χ0n) is 9.54. The molecule has 0 saturated heterocycles. The molecule has 0 bridgehead atoms. The van der Waals surface area contributed by atoms with Crippen molar-refractivity contribution in [2.24, 2.45) is 0 Å². The predicted molar refractivity (Wildman–Crippen MR) is 62.1 cm³/mol. The highest BCUT2D eigenvalue weighted by Crippen LogP contribution is 1.97. The van der Waals surface area contributed by atoms with Gasteiger partial charge in [-0.15, -0.1) is 0 Å². The van der Waals surface area contributed by atoms with E-state index in [0.717, 1.165) is 30.9 Å². The van der Waals surface area contributed by atoms with Crippen LogP contribution in [0.3, 0.4) is 0 Å². The lowest BCUT2D eigenvalue weighted by Crippen LogP contribution is -2.33. The molecule has 0 aromatic rings. The molecule has 0 spiro atoms. The summed E-state index contributed by atoms with van der Waals surface area (Å²) in [6, 6.07) is 0.406. The third-order valence-corrected chi connectivity index (χ3v) is 3.61. The largest absolute Gasteiger partial charge is 0.385 e. The molecule has 14 heavy (non-hydrogen) atoms. The maximum absolute atomic E-state index is 11.6. The van der Waals surface area contributed by atoms with Crippen LogP contribution in [0.1, 0.15) is 26.7 Å². The maximum atomic E-state index is 11.6. The molecule has 0 aromatic heterocycles. The topological polar surface area (TPSA) is 38.3 Å². The molecule has 86 valence electrons. The minimum Gasteiger partial charge on any atom is -0.385 e. The molecule has 0 saturated carbocycles. The molecule has 1 N–H and O–H groups in total. The van der Waals surface area contributed by atoms with Gasteiger partial charge in [-0.25, -0.2) is 0 Å². The molecule has 0 aliphatic carbocycles.